The topological polar surface area (TPSA) is 55.4 Å². The molecule has 0 amide bonds. The molecule has 1 aromatic rings. The van der Waals surface area contributed by atoms with Gasteiger partial charge in [-0.3, -0.25) is 4.79 Å². The minimum Gasteiger partial charge on any atom is -0.381 e. The normalized spacial score (nSPS) is 11.8. The number of hydrogen-bond acceptors (Lipinski definition) is 3. The van der Waals surface area contributed by atoms with Crippen molar-refractivity contribution >= 4 is 28.0 Å². The molecule has 14 heavy (non-hydrogen) atoms. The third kappa shape index (κ3) is 2.42. The Morgan fingerprint density at radius 3 is 2.71 bits per heavy atom. The molecule has 0 bridgehead atoms. The van der Waals surface area contributed by atoms with Crippen LogP contribution < -0.4 is 5.73 Å². The fourth-order valence-corrected chi connectivity index (χ4v) is 2.00. The minimum absolute atomic E-state index is 0.0811. The van der Waals surface area contributed by atoms with Crippen molar-refractivity contribution in [3.8, 4) is 0 Å². The lowest BCUT2D eigenvalue weighted by Crippen LogP contribution is -2.20. The number of carbonyl (C=O) groups is 1. The third-order valence-corrected chi connectivity index (χ3v) is 3.15. The molecule has 0 saturated carbocycles. The molecule has 1 aromatic heterocycles. The van der Waals surface area contributed by atoms with Crippen LogP contribution in [0.1, 0.15) is 24.3 Å². The van der Waals surface area contributed by atoms with E-state index in [0.29, 0.717) is 0 Å². The number of thiophene rings is 1. The van der Waals surface area contributed by atoms with E-state index in [4.69, 9.17) is 5.73 Å². The molecule has 0 fully saturated rings. The van der Waals surface area contributed by atoms with Crippen LogP contribution in [0.2, 0.25) is 0 Å². The van der Waals surface area contributed by atoms with E-state index < -0.39 is 0 Å². The molecule has 0 spiro atoms. The Balaban J connectivity index is 3.02. The zero-order valence-corrected chi connectivity index (χ0v) is 9.44. The first-order valence-electron chi connectivity index (χ1n) is 4.49. The molecule has 3 nitrogen and oxygen atoms in total. The van der Waals surface area contributed by atoms with Gasteiger partial charge in [-0.1, -0.05) is 6.92 Å². The van der Waals surface area contributed by atoms with Crippen molar-refractivity contribution in [3.05, 3.63) is 16.5 Å². The summed E-state index contributed by atoms with van der Waals surface area (Å²) in [6, 6.07) is 2.08. The summed E-state index contributed by atoms with van der Waals surface area (Å²) in [5, 5.41) is 0.842. The summed E-state index contributed by atoms with van der Waals surface area (Å²) in [6.07, 6.45) is 0.987. The number of carbonyl (C=O) groups excluding carboxylic acids is 1. The van der Waals surface area contributed by atoms with E-state index in [9.17, 15) is 4.79 Å². The first-order chi connectivity index (χ1) is 6.54. The van der Waals surface area contributed by atoms with Gasteiger partial charge in [0.05, 0.1) is 0 Å². The lowest BCUT2D eigenvalue weighted by Gasteiger charge is -1.93. The molecule has 0 unspecified atom stereocenters. The second-order valence-corrected chi connectivity index (χ2v) is 4.22. The number of Topliss-reactive ketones (excluding diaryl/α,β-unsaturated/α-hetero) is 1. The molecule has 2 N–H and O–H groups in total. The highest BCUT2D eigenvalue weighted by atomic mass is 32.1. The van der Waals surface area contributed by atoms with Gasteiger partial charge in [0.15, 0.2) is 11.6 Å². The molecular weight excluding hydrogens is 196 g/mol. The van der Waals surface area contributed by atoms with E-state index in [1.807, 2.05) is 6.92 Å². The Hall–Kier alpha value is -1.16. The van der Waals surface area contributed by atoms with Crippen LogP contribution in [0.5, 0.6) is 0 Å². The van der Waals surface area contributed by atoms with E-state index in [-0.39, 0.29) is 11.6 Å². The van der Waals surface area contributed by atoms with Gasteiger partial charge in [0.1, 0.15) is 5.00 Å². The van der Waals surface area contributed by atoms with Gasteiger partial charge in [-0.2, -0.15) is 0 Å². The van der Waals surface area contributed by atoms with E-state index in [0.717, 1.165) is 17.0 Å². The fraction of sp³-hybridized carbons (Fsp3) is 0.400. The van der Waals surface area contributed by atoms with Crippen LogP contribution in [-0.2, 0) is 11.2 Å². The van der Waals surface area contributed by atoms with Crippen molar-refractivity contribution in [2.75, 3.05) is 0 Å². The first kappa shape index (κ1) is 10.9. The van der Waals surface area contributed by atoms with Crippen molar-refractivity contribution in [3.63, 3.8) is 0 Å². The summed E-state index contributed by atoms with van der Waals surface area (Å²) in [5.74, 6) is -0.103. The molecule has 0 radical (unpaired) electrons. The number of ketones is 1. The lowest BCUT2D eigenvalue weighted by molar-refractivity contribution is -0.111. The number of rotatable bonds is 3. The molecule has 76 valence electrons. The maximum atomic E-state index is 10.9. The average Bonchev–Trinajstić information content (AvgIpc) is 2.47. The predicted molar refractivity (Wildman–Crippen MR) is 60.4 cm³/mol. The number of nitrogens with zero attached hydrogens (tertiary/aromatic N) is 1. The van der Waals surface area contributed by atoms with Gasteiger partial charge in [-0.05, 0) is 25.0 Å². The minimum atomic E-state index is -0.184. The quantitative estimate of drug-likeness (QED) is 0.614. The molecule has 0 aromatic carbocycles. The maximum absolute atomic E-state index is 10.9. The second kappa shape index (κ2) is 4.37. The molecule has 0 aliphatic rings. The fourth-order valence-electron chi connectivity index (χ4n) is 1.01. The lowest BCUT2D eigenvalue weighted by atomic mass is 10.3. The Morgan fingerprint density at radius 2 is 2.29 bits per heavy atom. The average molecular weight is 210 g/mol. The molecule has 0 aliphatic carbocycles. The van der Waals surface area contributed by atoms with Crippen LogP contribution in [0, 0.1) is 6.92 Å². The van der Waals surface area contributed by atoms with Gasteiger partial charge in [-0.15, -0.1) is 11.3 Å². The highest BCUT2D eigenvalue weighted by Crippen LogP contribution is 2.30. The number of amidine groups is 1. The summed E-state index contributed by atoms with van der Waals surface area (Å²) in [6.45, 7) is 5.48. The van der Waals surface area contributed by atoms with Crippen molar-refractivity contribution in [1.82, 2.24) is 0 Å². The van der Waals surface area contributed by atoms with Gasteiger partial charge >= 0.3 is 0 Å². The Morgan fingerprint density at radius 1 is 1.64 bits per heavy atom. The van der Waals surface area contributed by atoms with Crippen molar-refractivity contribution in [2.24, 2.45) is 10.7 Å². The number of hydrogen-bond donors (Lipinski definition) is 1. The maximum Gasteiger partial charge on any atom is 0.194 e. The third-order valence-electron chi connectivity index (χ3n) is 1.87. The van der Waals surface area contributed by atoms with E-state index >= 15 is 0 Å². The Kier molecular flexibility index (Phi) is 3.41. The summed E-state index contributed by atoms with van der Waals surface area (Å²) < 4.78 is 0. The van der Waals surface area contributed by atoms with Gasteiger partial charge in [0.25, 0.3) is 0 Å². The standard InChI is InChI=1S/C10H14N2OS/c1-4-8-5-6(2)10(14-8)12-9(11)7(3)13/h5H,4H2,1-3H3,(H2,11,12). The predicted octanol–water partition coefficient (Wildman–Crippen LogP) is 2.20. The van der Waals surface area contributed by atoms with Crippen LogP contribution in [0.25, 0.3) is 0 Å². The van der Waals surface area contributed by atoms with Crippen LogP contribution >= 0.6 is 11.3 Å². The van der Waals surface area contributed by atoms with Gasteiger partial charge < -0.3 is 5.73 Å². The largest absolute Gasteiger partial charge is 0.381 e. The summed E-state index contributed by atoms with van der Waals surface area (Å²) in [4.78, 5) is 16.2. The number of aliphatic imine (C=N–C) groups is 1. The van der Waals surface area contributed by atoms with Crippen LogP contribution in [-0.4, -0.2) is 11.6 Å². The molecule has 0 atom stereocenters. The zero-order chi connectivity index (χ0) is 10.7. The molecule has 1 heterocycles. The highest BCUT2D eigenvalue weighted by molar-refractivity contribution is 7.16. The molecule has 0 saturated heterocycles. The highest BCUT2D eigenvalue weighted by Gasteiger charge is 2.05. The van der Waals surface area contributed by atoms with Gasteiger partial charge in [-0.25, -0.2) is 4.99 Å². The Bertz CT molecular complexity index is 379. The second-order valence-electron chi connectivity index (χ2n) is 3.11. The molecule has 1 rings (SSSR count). The smallest absolute Gasteiger partial charge is 0.194 e. The van der Waals surface area contributed by atoms with Crippen LogP contribution in [0.3, 0.4) is 0 Å². The number of nitrogens with two attached hydrogens (primary N) is 1. The summed E-state index contributed by atoms with van der Waals surface area (Å²) >= 11 is 1.59. The monoisotopic (exact) mass is 210 g/mol. The van der Waals surface area contributed by atoms with Crippen LogP contribution in [0.4, 0.5) is 5.00 Å². The van der Waals surface area contributed by atoms with Gasteiger partial charge in [0.2, 0.25) is 0 Å². The van der Waals surface area contributed by atoms with E-state index in [2.05, 4.69) is 18.0 Å². The summed E-state index contributed by atoms with van der Waals surface area (Å²) in [5.41, 5.74) is 6.55. The molecular formula is C10H14N2OS. The van der Waals surface area contributed by atoms with Crippen molar-refractivity contribution in [2.45, 2.75) is 27.2 Å². The zero-order valence-electron chi connectivity index (χ0n) is 8.63. The van der Waals surface area contributed by atoms with Crippen molar-refractivity contribution < 1.29 is 4.79 Å². The van der Waals surface area contributed by atoms with Crippen LogP contribution in [0.15, 0.2) is 11.1 Å². The van der Waals surface area contributed by atoms with E-state index in [1.165, 1.54) is 11.8 Å². The molecule has 4 heteroatoms. The SMILES string of the molecule is CCc1cc(C)c(/N=C(/N)C(C)=O)s1. The first-order valence-corrected chi connectivity index (χ1v) is 5.30. The Labute approximate surface area is 87.7 Å². The van der Waals surface area contributed by atoms with E-state index in [1.54, 1.807) is 11.3 Å². The summed E-state index contributed by atoms with van der Waals surface area (Å²) in [7, 11) is 0. The van der Waals surface area contributed by atoms with Crippen molar-refractivity contribution in [1.29, 1.82) is 0 Å². The number of aryl methyl sites for hydroxylation is 2. The van der Waals surface area contributed by atoms with Gasteiger partial charge in [0, 0.05) is 11.8 Å². The molecule has 0 aliphatic heterocycles.